The second-order valence-corrected chi connectivity index (χ2v) is 6.44. The van der Waals surface area contributed by atoms with Crippen LogP contribution in [-0.2, 0) is 0 Å². The number of carbonyl (C=O) groups excluding carboxylic acids is 1. The molecule has 0 heterocycles. The van der Waals surface area contributed by atoms with Crippen molar-refractivity contribution in [1.29, 1.82) is 0 Å². The van der Waals surface area contributed by atoms with Crippen LogP contribution in [0.2, 0.25) is 5.02 Å². The van der Waals surface area contributed by atoms with Gasteiger partial charge in [-0.25, -0.2) is 0 Å². The molecule has 3 nitrogen and oxygen atoms in total. The van der Waals surface area contributed by atoms with Crippen LogP contribution in [0.15, 0.2) is 18.2 Å². The summed E-state index contributed by atoms with van der Waals surface area (Å²) in [6, 6.07) is 5.44. The van der Waals surface area contributed by atoms with Gasteiger partial charge in [0.15, 0.2) is 0 Å². The first-order valence-corrected chi connectivity index (χ1v) is 8.29. The van der Waals surface area contributed by atoms with Gasteiger partial charge >= 0.3 is 0 Å². The molecule has 2 N–H and O–H groups in total. The van der Waals surface area contributed by atoms with E-state index in [1.165, 1.54) is 19.3 Å². The molecule has 1 aromatic rings. The normalized spacial score (nSPS) is 16.1. The lowest BCUT2D eigenvalue weighted by atomic mass is 9.67. The number of anilines is 1. The molecule has 1 amide bonds. The average molecular weight is 309 g/mol. The van der Waals surface area contributed by atoms with Crippen molar-refractivity contribution in [1.82, 2.24) is 5.32 Å². The monoisotopic (exact) mass is 308 g/mol. The number of amides is 1. The summed E-state index contributed by atoms with van der Waals surface area (Å²) in [5.74, 6) is -0.0316. The van der Waals surface area contributed by atoms with E-state index < -0.39 is 0 Å². The van der Waals surface area contributed by atoms with E-state index in [2.05, 4.69) is 24.5 Å². The number of halogens is 1. The minimum absolute atomic E-state index is 0.0316. The summed E-state index contributed by atoms with van der Waals surface area (Å²) < 4.78 is 0. The molecule has 21 heavy (non-hydrogen) atoms. The van der Waals surface area contributed by atoms with E-state index in [1.807, 2.05) is 12.1 Å². The van der Waals surface area contributed by atoms with Gasteiger partial charge in [0.05, 0.1) is 5.56 Å². The van der Waals surface area contributed by atoms with Gasteiger partial charge in [-0.05, 0) is 49.3 Å². The van der Waals surface area contributed by atoms with Crippen LogP contribution >= 0.6 is 11.6 Å². The second-order valence-electron chi connectivity index (χ2n) is 6.01. The van der Waals surface area contributed by atoms with Gasteiger partial charge in [-0.2, -0.15) is 0 Å². The number of hydrogen-bond acceptors (Lipinski definition) is 2. The minimum Gasteiger partial charge on any atom is -0.384 e. The maximum atomic E-state index is 12.5. The number of nitrogens with one attached hydrogen (secondary N) is 2. The molecule has 116 valence electrons. The van der Waals surface area contributed by atoms with Gasteiger partial charge in [0.2, 0.25) is 0 Å². The van der Waals surface area contributed by atoms with Crippen molar-refractivity contribution in [2.24, 2.45) is 5.41 Å². The van der Waals surface area contributed by atoms with Crippen molar-refractivity contribution in [3.05, 3.63) is 28.8 Å². The van der Waals surface area contributed by atoms with Crippen molar-refractivity contribution < 1.29 is 4.79 Å². The predicted molar refractivity (Wildman–Crippen MR) is 89.1 cm³/mol. The van der Waals surface area contributed by atoms with Crippen LogP contribution in [0.25, 0.3) is 0 Å². The van der Waals surface area contributed by atoms with Crippen LogP contribution < -0.4 is 10.6 Å². The number of rotatable bonds is 7. The SMILES string of the molecule is CCCNc1ccc(Cl)cc1C(=O)NCC1(CC)CCC1. The molecular formula is C17H25ClN2O. The minimum atomic E-state index is -0.0316. The third-order valence-corrected chi connectivity index (χ3v) is 4.81. The highest BCUT2D eigenvalue weighted by Crippen LogP contribution is 2.43. The Morgan fingerprint density at radius 2 is 2.10 bits per heavy atom. The van der Waals surface area contributed by atoms with E-state index >= 15 is 0 Å². The third kappa shape index (κ3) is 3.91. The quantitative estimate of drug-likeness (QED) is 0.780. The lowest BCUT2D eigenvalue weighted by Gasteiger charge is -2.41. The highest BCUT2D eigenvalue weighted by molar-refractivity contribution is 6.31. The zero-order valence-electron chi connectivity index (χ0n) is 13.0. The summed E-state index contributed by atoms with van der Waals surface area (Å²) in [4.78, 5) is 12.5. The van der Waals surface area contributed by atoms with E-state index in [0.29, 0.717) is 16.0 Å². The van der Waals surface area contributed by atoms with E-state index in [1.54, 1.807) is 6.07 Å². The Kier molecular flexibility index (Phi) is 5.51. The number of benzene rings is 1. The molecular weight excluding hydrogens is 284 g/mol. The van der Waals surface area contributed by atoms with Gasteiger partial charge in [-0.15, -0.1) is 0 Å². The zero-order chi connectivity index (χ0) is 15.3. The average Bonchev–Trinajstić information content (AvgIpc) is 2.45. The van der Waals surface area contributed by atoms with Gasteiger partial charge in [-0.3, -0.25) is 4.79 Å². The summed E-state index contributed by atoms with van der Waals surface area (Å²) in [5.41, 5.74) is 1.82. The second kappa shape index (κ2) is 7.17. The Bertz CT molecular complexity index is 492. The fourth-order valence-electron chi connectivity index (χ4n) is 2.81. The van der Waals surface area contributed by atoms with Gasteiger partial charge in [0, 0.05) is 23.8 Å². The van der Waals surface area contributed by atoms with E-state index in [0.717, 1.165) is 31.6 Å². The van der Waals surface area contributed by atoms with Gasteiger partial charge in [0.1, 0.15) is 0 Å². The van der Waals surface area contributed by atoms with Crippen molar-refractivity contribution in [3.63, 3.8) is 0 Å². The molecule has 1 fully saturated rings. The molecule has 1 saturated carbocycles. The summed E-state index contributed by atoms with van der Waals surface area (Å²) in [5, 5.41) is 6.98. The Labute approximate surface area is 132 Å². The van der Waals surface area contributed by atoms with Crippen LogP contribution in [0.3, 0.4) is 0 Å². The molecule has 0 aromatic heterocycles. The molecule has 0 atom stereocenters. The zero-order valence-corrected chi connectivity index (χ0v) is 13.7. The molecule has 1 aliphatic rings. The van der Waals surface area contributed by atoms with E-state index in [4.69, 9.17) is 11.6 Å². The third-order valence-electron chi connectivity index (χ3n) is 4.58. The van der Waals surface area contributed by atoms with Crippen molar-refractivity contribution in [2.75, 3.05) is 18.4 Å². The first kappa shape index (κ1) is 16.2. The molecule has 0 aliphatic heterocycles. The molecule has 0 unspecified atom stereocenters. The topological polar surface area (TPSA) is 41.1 Å². The fourth-order valence-corrected chi connectivity index (χ4v) is 2.99. The van der Waals surface area contributed by atoms with Crippen molar-refractivity contribution in [2.45, 2.75) is 46.0 Å². The Hall–Kier alpha value is -1.22. The molecule has 0 bridgehead atoms. The van der Waals surface area contributed by atoms with E-state index in [-0.39, 0.29) is 5.91 Å². The van der Waals surface area contributed by atoms with Crippen molar-refractivity contribution >= 4 is 23.2 Å². The number of carbonyl (C=O) groups is 1. The molecule has 1 aromatic carbocycles. The molecule has 4 heteroatoms. The molecule has 0 radical (unpaired) electrons. The van der Waals surface area contributed by atoms with Gasteiger partial charge < -0.3 is 10.6 Å². The van der Waals surface area contributed by atoms with Crippen LogP contribution in [0.4, 0.5) is 5.69 Å². The summed E-state index contributed by atoms with van der Waals surface area (Å²) >= 11 is 6.04. The summed E-state index contributed by atoms with van der Waals surface area (Å²) in [7, 11) is 0. The van der Waals surface area contributed by atoms with Crippen molar-refractivity contribution in [3.8, 4) is 0 Å². The van der Waals surface area contributed by atoms with Crippen LogP contribution in [0.5, 0.6) is 0 Å². The smallest absolute Gasteiger partial charge is 0.253 e. The molecule has 0 spiro atoms. The Morgan fingerprint density at radius 1 is 1.33 bits per heavy atom. The highest BCUT2D eigenvalue weighted by Gasteiger charge is 2.35. The Balaban J connectivity index is 2.05. The largest absolute Gasteiger partial charge is 0.384 e. The maximum absolute atomic E-state index is 12.5. The predicted octanol–water partition coefficient (Wildman–Crippen LogP) is 4.47. The maximum Gasteiger partial charge on any atom is 0.253 e. The highest BCUT2D eigenvalue weighted by atomic mass is 35.5. The molecule has 1 aliphatic carbocycles. The van der Waals surface area contributed by atoms with E-state index in [9.17, 15) is 4.79 Å². The van der Waals surface area contributed by atoms with Crippen LogP contribution in [-0.4, -0.2) is 19.0 Å². The summed E-state index contributed by atoms with van der Waals surface area (Å²) in [6.07, 6.45) is 5.87. The lowest BCUT2D eigenvalue weighted by Crippen LogP contribution is -2.41. The van der Waals surface area contributed by atoms with Gasteiger partial charge in [-0.1, -0.05) is 31.9 Å². The van der Waals surface area contributed by atoms with Crippen LogP contribution in [0, 0.1) is 5.41 Å². The lowest BCUT2D eigenvalue weighted by molar-refractivity contribution is 0.0851. The molecule has 0 saturated heterocycles. The Morgan fingerprint density at radius 3 is 2.67 bits per heavy atom. The first-order valence-electron chi connectivity index (χ1n) is 7.92. The number of hydrogen-bond donors (Lipinski definition) is 2. The van der Waals surface area contributed by atoms with Crippen LogP contribution in [0.1, 0.15) is 56.3 Å². The fraction of sp³-hybridized carbons (Fsp3) is 0.588. The summed E-state index contributed by atoms with van der Waals surface area (Å²) in [6.45, 7) is 5.92. The first-order chi connectivity index (χ1) is 10.1. The molecule has 2 rings (SSSR count). The van der Waals surface area contributed by atoms with Gasteiger partial charge in [0.25, 0.3) is 5.91 Å². The standard InChI is InChI=1S/C17H25ClN2O/c1-3-10-19-15-7-6-13(18)11-14(15)16(21)20-12-17(4-2)8-5-9-17/h6-7,11,19H,3-5,8-10,12H2,1-2H3,(H,20,21).